The Morgan fingerprint density at radius 2 is 1.57 bits per heavy atom. The minimum absolute atomic E-state index is 0.190. The van der Waals surface area contributed by atoms with Gasteiger partial charge in [0.15, 0.2) is 12.3 Å². The first-order chi connectivity index (χ1) is 17.4. The summed E-state index contributed by atoms with van der Waals surface area (Å²) in [5.41, 5.74) is 6.69. The van der Waals surface area contributed by atoms with Crippen LogP contribution >= 0.6 is 11.3 Å². The van der Waals surface area contributed by atoms with Crippen LogP contribution in [0.25, 0.3) is 53.6 Å². The molecule has 0 saturated heterocycles. The molecule has 2 aromatic heterocycles. The maximum Gasteiger partial charge on any atom is 0.197 e. The molecule has 3 heterocycles. The predicted octanol–water partition coefficient (Wildman–Crippen LogP) is 6.87. The van der Waals surface area contributed by atoms with E-state index >= 15 is 0 Å². The molecule has 35 heavy (non-hydrogen) atoms. The first-order valence-electron chi connectivity index (χ1n) is 12.3. The minimum Gasteiger partial charge on any atom is -0.307 e. The van der Waals surface area contributed by atoms with Gasteiger partial charge in [0.25, 0.3) is 0 Å². The number of allylic oxidation sites excluding steroid dienone is 2. The van der Waals surface area contributed by atoms with E-state index in [-0.39, 0.29) is 6.04 Å². The van der Waals surface area contributed by atoms with Crippen molar-refractivity contribution in [3.8, 4) is 0 Å². The molecule has 8 rings (SSSR count). The fourth-order valence-electron chi connectivity index (χ4n) is 6.08. The molecule has 3 heteroatoms. The second-order valence-electron chi connectivity index (χ2n) is 9.50. The van der Waals surface area contributed by atoms with Crippen LogP contribution in [0.15, 0.2) is 91.0 Å². The average molecular weight is 468 g/mol. The van der Waals surface area contributed by atoms with Gasteiger partial charge in [0.1, 0.15) is 5.70 Å². The zero-order valence-corrected chi connectivity index (χ0v) is 20.0. The van der Waals surface area contributed by atoms with Crippen molar-refractivity contribution >= 4 is 71.2 Å². The fraction of sp³-hybridized carbons (Fsp3) is 0.0938. The zero-order chi connectivity index (χ0) is 22.9. The van der Waals surface area contributed by atoms with Gasteiger partial charge in [0.2, 0.25) is 0 Å². The summed E-state index contributed by atoms with van der Waals surface area (Å²) >= 11 is 1.93. The molecule has 0 amide bonds. The van der Waals surface area contributed by atoms with Crippen LogP contribution in [-0.4, -0.2) is 10.8 Å². The Hall–Kier alpha value is -3.95. The smallest absolute Gasteiger partial charge is 0.197 e. The van der Waals surface area contributed by atoms with Gasteiger partial charge >= 0.3 is 0 Å². The average Bonchev–Trinajstić information content (AvgIpc) is 3.63. The SMILES string of the molecule is C1=Cc2c(n(C3=CC(c4ccccc4)[NH+]=C3)c3c4ccccc4c4sc5ccccc5c4c23)CC1. The standard InChI is InChI=1S/C32H22N2S/c1-2-10-20(11-3-1)26-18-21(19-33-26)34-27-16-8-6-14-24(27)29-30-25-15-7-9-17-28(25)35-32(30)23-13-5-4-12-22(23)31(29)34/h1-7,9-15,17-19,26H,8,16H2/p+1. The van der Waals surface area contributed by atoms with Crippen molar-refractivity contribution in [1.29, 1.82) is 0 Å². The largest absolute Gasteiger partial charge is 0.307 e. The first-order valence-corrected chi connectivity index (χ1v) is 13.1. The quantitative estimate of drug-likeness (QED) is 0.287. The summed E-state index contributed by atoms with van der Waals surface area (Å²) in [4.78, 5) is 3.64. The van der Waals surface area contributed by atoms with E-state index in [2.05, 4.69) is 113 Å². The van der Waals surface area contributed by atoms with Crippen LogP contribution in [0.2, 0.25) is 0 Å². The molecular formula is C32H23N2S+. The summed E-state index contributed by atoms with van der Waals surface area (Å²) in [6, 6.07) is 28.8. The number of aromatic nitrogens is 1. The van der Waals surface area contributed by atoms with Crippen LogP contribution in [0.1, 0.15) is 29.3 Å². The van der Waals surface area contributed by atoms with Crippen molar-refractivity contribution < 1.29 is 4.99 Å². The zero-order valence-electron chi connectivity index (χ0n) is 19.2. The Kier molecular flexibility index (Phi) is 4.02. The van der Waals surface area contributed by atoms with Gasteiger partial charge in [-0.15, -0.1) is 11.3 Å². The number of nitrogens with zero attached hydrogens (tertiary/aromatic N) is 1. The summed E-state index contributed by atoms with van der Waals surface area (Å²) in [6.45, 7) is 0. The lowest BCUT2D eigenvalue weighted by Crippen LogP contribution is -2.67. The number of benzene rings is 4. The third-order valence-corrected chi connectivity index (χ3v) is 8.78. The number of hydrogen-bond donors (Lipinski definition) is 1. The topological polar surface area (TPSA) is 18.9 Å². The molecule has 1 aliphatic carbocycles. The predicted molar refractivity (Wildman–Crippen MR) is 150 cm³/mol. The van der Waals surface area contributed by atoms with Crippen molar-refractivity contribution in [2.45, 2.75) is 18.9 Å². The number of hydrogen-bond acceptors (Lipinski definition) is 1. The fourth-order valence-corrected chi connectivity index (χ4v) is 7.33. The van der Waals surface area contributed by atoms with E-state index in [0.717, 1.165) is 12.8 Å². The molecule has 2 aliphatic rings. The number of nitrogens with one attached hydrogen (secondary N) is 1. The number of fused-ring (bicyclic) bond motifs is 10. The van der Waals surface area contributed by atoms with Gasteiger partial charge in [0, 0.05) is 59.2 Å². The molecular weight excluding hydrogens is 444 g/mol. The maximum absolute atomic E-state index is 3.64. The van der Waals surface area contributed by atoms with Crippen molar-refractivity contribution in [3.63, 3.8) is 0 Å². The van der Waals surface area contributed by atoms with Gasteiger partial charge in [-0.3, -0.25) is 0 Å². The van der Waals surface area contributed by atoms with Gasteiger partial charge in [-0.25, -0.2) is 4.99 Å². The van der Waals surface area contributed by atoms with Crippen LogP contribution in [0, 0.1) is 0 Å². The van der Waals surface area contributed by atoms with Crippen LogP contribution in [0.3, 0.4) is 0 Å². The van der Waals surface area contributed by atoms with E-state index in [0.29, 0.717) is 0 Å². The van der Waals surface area contributed by atoms with Gasteiger partial charge in [0.05, 0.1) is 5.52 Å². The highest BCUT2D eigenvalue weighted by atomic mass is 32.1. The summed E-state index contributed by atoms with van der Waals surface area (Å²) in [6.07, 6.45) is 11.4. The van der Waals surface area contributed by atoms with E-state index in [4.69, 9.17) is 0 Å². The molecule has 1 unspecified atom stereocenters. The minimum atomic E-state index is 0.190. The van der Waals surface area contributed by atoms with Crippen molar-refractivity contribution in [2.24, 2.45) is 0 Å². The van der Waals surface area contributed by atoms with Crippen LogP contribution in [0.5, 0.6) is 0 Å². The Balaban J connectivity index is 1.55. The number of thiophene rings is 1. The lowest BCUT2D eigenvalue weighted by molar-refractivity contribution is -0.485. The molecule has 1 atom stereocenters. The first kappa shape index (κ1) is 19.4. The second kappa shape index (κ2) is 7.27. The Morgan fingerprint density at radius 3 is 2.46 bits per heavy atom. The lowest BCUT2D eigenvalue weighted by atomic mass is 9.96. The summed E-state index contributed by atoms with van der Waals surface area (Å²) < 4.78 is 5.31. The van der Waals surface area contributed by atoms with E-state index < -0.39 is 0 Å². The molecule has 0 spiro atoms. The molecule has 166 valence electrons. The highest BCUT2D eigenvalue weighted by molar-refractivity contribution is 7.27. The molecule has 2 nitrogen and oxygen atoms in total. The van der Waals surface area contributed by atoms with Crippen molar-refractivity contribution in [1.82, 2.24) is 4.57 Å². The number of rotatable bonds is 2. The third kappa shape index (κ3) is 2.67. The van der Waals surface area contributed by atoms with E-state index in [9.17, 15) is 0 Å². The molecule has 4 aromatic carbocycles. The molecule has 1 N–H and O–H groups in total. The Morgan fingerprint density at radius 1 is 0.800 bits per heavy atom. The maximum atomic E-state index is 3.64. The van der Waals surface area contributed by atoms with E-state index in [1.165, 1.54) is 64.4 Å². The molecule has 0 saturated carbocycles. The lowest BCUT2D eigenvalue weighted by Gasteiger charge is -2.12. The highest BCUT2D eigenvalue weighted by Gasteiger charge is 2.28. The van der Waals surface area contributed by atoms with Crippen LogP contribution in [0.4, 0.5) is 0 Å². The Bertz CT molecular complexity index is 1900. The van der Waals surface area contributed by atoms with Gasteiger partial charge in [-0.05, 0) is 18.9 Å². The van der Waals surface area contributed by atoms with Crippen LogP contribution in [-0.2, 0) is 6.42 Å². The Labute approximate surface area is 207 Å². The molecule has 0 fully saturated rings. The van der Waals surface area contributed by atoms with Gasteiger partial charge in [-0.2, -0.15) is 0 Å². The van der Waals surface area contributed by atoms with Crippen LogP contribution < -0.4 is 4.99 Å². The van der Waals surface area contributed by atoms with Gasteiger partial charge < -0.3 is 4.57 Å². The summed E-state index contributed by atoms with van der Waals surface area (Å²) in [5.74, 6) is 0. The highest BCUT2D eigenvalue weighted by Crippen LogP contribution is 2.48. The van der Waals surface area contributed by atoms with Crippen molar-refractivity contribution in [3.05, 3.63) is 108 Å². The van der Waals surface area contributed by atoms with Gasteiger partial charge in [-0.1, -0.05) is 84.9 Å². The monoisotopic (exact) mass is 467 g/mol. The molecule has 0 bridgehead atoms. The molecule has 1 aliphatic heterocycles. The van der Waals surface area contributed by atoms with Crippen molar-refractivity contribution in [2.75, 3.05) is 0 Å². The third-order valence-electron chi connectivity index (χ3n) is 7.58. The van der Waals surface area contributed by atoms with E-state index in [1.54, 1.807) is 0 Å². The van der Waals surface area contributed by atoms with E-state index in [1.807, 2.05) is 11.3 Å². The summed E-state index contributed by atoms with van der Waals surface area (Å²) in [5, 5.41) is 6.86. The molecule has 0 radical (unpaired) electrons. The summed E-state index contributed by atoms with van der Waals surface area (Å²) in [7, 11) is 0. The molecule has 6 aromatic rings. The second-order valence-corrected chi connectivity index (χ2v) is 10.6. The normalized spacial score (nSPS) is 17.1.